The molecule has 1 atom stereocenters. The van der Waals surface area contributed by atoms with Crippen molar-refractivity contribution in [2.75, 3.05) is 0 Å². The molecule has 120 valence electrons. The van der Waals surface area contributed by atoms with Gasteiger partial charge in [0.1, 0.15) is 6.61 Å². The number of benzene rings is 4. The van der Waals surface area contributed by atoms with Crippen LogP contribution in [0.1, 0.15) is 25.8 Å². The van der Waals surface area contributed by atoms with Crippen LogP contribution in [0, 0.1) is 5.92 Å². The minimum absolute atomic E-state index is 0.0511. The molecule has 0 radical (unpaired) electrons. The first kappa shape index (κ1) is 14.9. The van der Waals surface area contributed by atoms with Crippen molar-refractivity contribution in [3.63, 3.8) is 0 Å². The Kier molecular flexibility index (Phi) is 3.61. The van der Waals surface area contributed by atoms with E-state index in [0.29, 0.717) is 6.61 Å². The van der Waals surface area contributed by atoms with Crippen molar-refractivity contribution in [3.05, 3.63) is 60.2 Å². The zero-order valence-electron chi connectivity index (χ0n) is 14.0. The van der Waals surface area contributed by atoms with Crippen molar-refractivity contribution in [1.29, 1.82) is 0 Å². The lowest BCUT2D eigenvalue weighted by Gasteiger charge is -2.15. The average molecular weight is 316 g/mol. The van der Waals surface area contributed by atoms with E-state index >= 15 is 0 Å². The Balaban J connectivity index is 1.84. The van der Waals surface area contributed by atoms with E-state index in [1.807, 2.05) is 13.8 Å². The molecule has 0 bridgehead atoms. The van der Waals surface area contributed by atoms with Crippen LogP contribution in [-0.2, 0) is 16.1 Å². The fourth-order valence-electron chi connectivity index (χ4n) is 3.38. The predicted octanol–water partition coefficient (Wildman–Crippen LogP) is 5.67. The maximum Gasteiger partial charge on any atom is 0.308 e. The zero-order chi connectivity index (χ0) is 16.7. The molecule has 0 aliphatic rings. The molecule has 2 nitrogen and oxygen atoms in total. The van der Waals surface area contributed by atoms with E-state index in [0.717, 1.165) is 12.0 Å². The van der Waals surface area contributed by atoms with E-state index in [2.05, 4.69) is 54.6 Å². The summed E-state index contributed by atoms with van der Waals surface area (Å²) in [5.41, 5.74) is 1.07. The van der Waals surface area contributed by atoms with Gasteiger partial charge < -0.3 is 4.74 Å². The fraction of sp³-hybridized carbons (Fsp3) is 0.227. The van der Waals surface area contributed by atoms with Crippen LogP contribution in [0.2, 0.25) is 0 Å². The lowest BCUT2D eigenvalue weighted by molar-refractivity contribution is -0.149. The van der Waals surface area contributed by atoms with E-state index in [-0.39, 0.29) is 11.9 Å². The Morgan fingerprint density at radius 3 is 2.25 bits per heavy atom. The van der Waals surface area contributed by atoms with Gasteiger partial charge in [-0.2, -0.15) is 0 Å². The number of hydrogen-bond donors (Lipinski definition) is 0. The van der Waals surface area contributed by atoms with Gasteiger partial charge in [0.2, 0.25) is 0 Å². The summed E-state index contributed by atoms with van der Waals surface area (Å²) in [6.07, 6.45) is 0.803. The summed E-state index contributed by atoms with van der Waals surface area (Å²) in [6.45, 7) is 4.24. The van der Waals surface area contributed by atoms with Crippen molar-refractivity contribution in [2.24, 2.45) is 5.92 Å². The average Bonchev–Trinajstić information content (AvgIpc) is 2.64. The highest BCUT2D eigenvalue weighted by Gasteiger charge is 2.14. The number of carbonyl (C=O) groups is 1. The topological polar surface area (TPSA) is 26.3 Å². The summed E-state index contributed by atoms with van der Waals surface area (Å²) in [4.78, 5) is 12.0. The van der Waals surface area contributed by atoms with Gasteiger partial charge in [0.25, 0.3) is 0 Å². The lowest BCUT2D eigenvalue weighted by Crippen LogP contribution is -2.13. The van der Waals surface area contributed by atoms with Crippen LogP contribution in [0.5, 0.6) is 0 Å². The summed E-state index contributed by atoms with van der Waals surface area (Å²) in [5, 5.41) is 7.46. The molecule has 0 saturated heterocycles. The Labute approximate surface area is 141 Å². The number of hydrogen-bond acceptors (Lipinski definition) is 2. The van der Waals surface area contributed by atoms with Crippen LogP contribution in [0.25, 0.3) is 32.3 Å². The molecule has 0 amide bonds. The third-order valence-electron chi connectivity index (χ3n) is 5.00. The second-order valence-corrected chi connectivity index (χ2v) is 6.50. The molecule has 4 aromatic carbocycles. The van der Waals surface area contributed by atoms with Gasteiger partial charge in [0, 0.05) is 0 Å². The molecular weight excluding hydrogens is 296 g/mol. The summed E-state index contributed by atoms with van der Waals surface area (Å²) >= 11 is 0. The quantitative estimate of drug-likeness (QED) is 0.358. The summed E-state index contributed by atoms with van der Waals surface area (Å²) < 4.78 is 5.53. The van der Waals surface area contributed by atoms with E-state index in [4.69, 9.17) is 4.74 Å². The highest BCUT2D eigenvalue weighted by molar-refractivity contribution is 6.23. The molecule has 24 heavy (non-hydrogen) atoms. The van der Waals surface area contributed by atoms with Crippen LogP contribution in [0.15, 0.2) is 54.6 Å². The molecule has 4 aromatic rings. The molecule has 2 heteroatoms. The Morgan fingerprint density at radius 2 is 1.54 bits per heavy atom. The van der Waals surface area contributed by atoms with Gasteiger partial charge in [-0.1, -0.05) is 68.4 Å². The molecule has 0 aliphatic carbocycles. The van der Waals surface area contributed by atoms with Crippen molar-refractivity contribution in [1.82, 2.24) is 0 Å². The normalized spacial score (nSPS) is 12.9. The molecule has 0 aliphatic heterocycles. The number of carbonyl (C=O) groups excluding carboxylic acids is 1. The summed E-state index contributed by atoms with van der Waals surface area (Å²) in [6, 6.07) is 19.2. The van der Waals surface area contributed by atoms with Crippen LogP contribution in [0.3, 0.4) is 0 Å². The first-order valence-electron chi connectivity index (χ1n) is 8.51. The molecule has 0 saturated carbocycles. The van der Waals surface area contributed by atoms with Gasteiger partial charge in [-0.3, -0.25) is 4.79 Å². The van der Waals surface area contributed by atoms with Crippen LogP contribution < -0.4 is 0 Å². The Morgan fingerprint density at radius 1 is 0.917 bits per heavy atom. The van der Waals surface area contributed by atoms with Gasteiger partial charge in [-0.25, -0.2) is 0 Å². The monoisotopic (exact) mass is 316 g/mol. The number of ether oxygens (including phenoxy) is 1. The van der Waals surface area contributed by atoms with Crippen molar-refractivity contribution < 1.29 is 9.53 Å². The van der Waals surface area contributed by atoms with Crippen molar-refractivity contribution >= 4 is 38.3 Å². The van der Waals surface area contributed by atoms with Gasteiger partial charge >= 0.3 is 5.97 Å². The molecule has 0 aromatic heterocycles. The van der Waals surface area contributed by atoms with Crippen LogP contribution in [0.4, 0.5) is 0 Å². The van der Waals surface area contributed by atoms with E-state index in [1.165, 1.54) is 32.3 Å². The summed E-state index contributed by atoms with van der Waals surface area (Å²) in [5.74, 6) is -0.173. The molecular formula is C22H20O2. The maximum absolute atomic E-state index is 12.0. The Hall–Kier alpha value is -2.61. The third-order valence-corrected chi connectivity index (χ3v) is 5.00. The number of rotatable bonds is 4. The highest BCUT2D eigenvalue weighted by Crippen LogP contribution is 2.36. The molecule has 0 heterocycles. The largest absolute Gasteiger partial charge is 0.461 e. The SMILES string of the molecule is CCC(C)C(=O)OCc1ccc2ccc3cccc4ccc1c2c34. The Bertz CT molecular complexity index is 1020. The van der Waals surface area contributed by atoms with Gasteiger partial charge in [-0.05, 0) is 44.3 Å². The second-order valence-electron chi connectivity index (χ2n) is 6.50. The first-order valence-corrected chi connectivity index (χ1v) is 8.51. The molecule has 0 spiro atoms. The minimum atomic E-state index is -0.122. The number of esters is 1. The minimum Gasteiger partial charge on any atom is -0.461 e. The van der Waals surface area contributed by atoms with Crippen LogP contribution >= 0.6 is 0 Å². The fourth-order valence-corrected chi connectivity index (χ4v) is 3.38. The molecule has 0 N–H and O–H groups in total. The van der Waals surface area contributed by atoms with E-state index in [1.54, 1.807) is 0 Å². The zero-order valence-corrected chi connectivity index (χ0v) is 14.0. The van der Waals surface area contributed by atoms with Gasteiger partial charge in [-0.15, -0.1) is 0 Å². The van der Waals surface area contributed by atoms with E-state index < -0.39 is 0 Å². The summed E-state index contributed by atoms with van der Waals surface area (Å²) in [7, 11) is 0. The van der Waals surface area contributed by atoms with Gasteiger partial charge in [0.15, 0.2) is 0 Å². The molecule has 1 unspecified atom stereocenters. The standard InChI is InChI=1S/C22H20O2/c1-3-14(2)22(23)24-13-18-10-9-17-8-7-15-5-4-6-16-11-12-19(18)21(17)20(15)16/h4-12,14H,3,13H2,1-2H3. The first-order chi connectivity index (χ1) is 11.7. The molecule has 4 rings (SSSR count). The second kappa shape index (κ2) is 5.79. The van der Waals surface area contributed by atoms with E-state index in [9.17, 15) is 4.79 Å². The van der Waals surface area contributed by atoms with Crippen LogP contribution in [-0.4, -0.2) is 5.97 Å². The smallest absolute Gasteiger partial charge is 0.308 e. The lowest BCUT2D eigenvalue weighted by atomic mass is 9.92. The third kappa shape index (κ3) is 2.30. The van der Waals surface area contributed by atoms with Gasteiger partial charge in [0.05, 0.1) is 5.92 Å². The van der Waals surface area contributed by atoms with Crippen molar-refractivity contribution in [2.45, 2.75) is 26.9 Å². The van der Waals surface area contributed by atoms with Crippen molar-refractivity contribution in [3.8, 4) is 0 Å². The predicted molar refractivity (Wildman–Crippen MR) is 99.4 cm³/mol. The highest BCUT2D eigenvalue weighted by atomic mass is 16.5. The molecule has 0 fully saturated rings. The maximum atomic E-state index is 12.0.